The van der Waals surface area contributed by atoms with Gasteiger partial charge in [0.25, 0.3) is 0 Å². The molecular weight excluding hydrogens is 254 g/mol. The molecular formula is C12H24Na2O4. The van der Waals surface area contributed by atoms with Crippen LogP contribution in [0.3, 0.4) is 0 Å². The van der Waals surface area contributed by atoms with Gasteiger partial charge in [-0.3, -0.25) is 9.59 Å². The van der Waals surface area contributed by atoms with Crippen LogP contribution >= 0.6 is 0 Å². The first kappa shape index (κ1) is 24.0. The quantitative estimate of drug-likeness (QED) is 0.470. The Labute approximate surface area is 153 Å². The second-order valence-electron chi connectivity index (χ2n) is 4.17. The van der Waals surface area contributed by atoms with Gasteiger partial charge in [-0.1, -0.05) is 32.6 Å². The van der Waals surface area contributed by atoms with E-state index in [-0.39, 0.29) is 71.5 Å². The summed E-state index contributed by atoms with van der Waals surface area (Å²) in [5, 5.41) is 17.4. The van der Waals surface area contributed by atoms with Crippen LogP contribution in [0.4, 0.5) is 0 Å². The number of unbranched alkanes of at least 4 members (excludes halogenated alkanes) is 3. The SMILES string of the molecule is CCCCC(CCCCCC(=O)O)C(=O)O.[NaH].[NaH]. The zero-order valence-corrected chi connectivity index (χ0v) is 9.95. The predicted octanol–water partition coefficient (Wildman–Crippen LogP) is 1.62. The zero-order valence-electron chi connectivity index (χ0n) is 9.95. The molecule has 4 nitrogen and oxygen atoms in total. The summed E-state index contributed by atoms with van der Waals surface area (Å²) in [7, 11) is 0. The summed E-state index contributed by atoms with van der Waals surface area (Å²) >= 11 is 0. The van der Waals surface area contributed by atoms with Gasteiger partial charge in [0.15, 0.2) is 0 Å². The zero-order chi connectivity index (χ0) is 12.4. The minimum atomic E-state index is -0.777. The fourth-order valence-electron chi connectivity index (χ4n) is 1.69. The molecule has 0 aromatic heterocycles. The number of aliphatic carboxylic acids is 2. The Bertz CT molecular complexity index is 222. The molecule has 0 heterocycles. The molecule has 0 spiro atoms. The van der Waals surface area contributed by atoms with Crippen molar-refractivity contribution in [1.82, 2.24) is 0 Å². The number of hydrogen-bond donors (Lipinski definition) is 2. The molecule has 6 heteroatoms. The first-order valence-corrected chi connectivity index (χ1v) is 6.02. The molecule has 1 atom stereocenters. The molecule has 0 aliphatic carbocycles. The monoisotopic (exact) mass is 278 g/mol. The van der Waals surface area contributed by atoms with Crippen molar-refractivity contribution in [3.8, 4) is 0 Å². The van der Waals surface area contributed by atoms with Crippen molar-refractivity contribution in [2.24, 2.45) is 5.92 Å². The number of rotatable bonds is 10. The Hall–Kier alpha value is 0.940. The van der Waals surface area contributed by atoms with E-state index in [1.807, 2.05) is 6.92 Å². The fraction of sp³-hybridized carbons (Fsp3) is 0.833. The maximum absolute atomic E-state index is 10.9. The molecule has 0 radical (unpaired) electrons. The van der Waals surface area contributed by atoms with Gasteiger partial charge in [0.1, 0.15) is 0 Å². The maximum atomic E-state index is 10.9. The summed E-state index contributed by atoms with van der Waals surface area (Å²) in [4.78, 5) is 21.1. The van der Waals surface area contributed by atoms with Gasteiger partial charge in [-0.25, -0.2) is 0 Å². The molecule has 0 amide bonds. The molecule has 0 saturated heterocycles. The van der Waals surface area contributed by atoms with Crippen LogP contribution in [0.1, 0.15) is 58.3 Å². The molecule has 0 saturated carbocycles. The Kier molecular flexibility index (Phi) is 21.3. The third-order valence-corrected chi connectivity index (χ3v) is 2.70. The molecule has 0 bridgehead atoms. The van der Waals surface area contributed by atoms with Crippen LogP contribution in [-0.4, -0.2) is 81.3 Å². The van der Waals surface area contributed by atoms with Crippen LogP contribution in [0.5, 0.6) is 0 Å². The summed E-state index contributed by atoms with van der Waals surface area (Å²) in [5.41, 5.74) is 0. The van der Waals surface area contributed by atoms with Gasteiger partial charge in [-0.15, -0.1) is 0 Å². The molecule has 98 valence electrons. The number of carbonyl (C=O) groups is 2. The van der Waals surface area contributed by atoms with E-state index in [2.05, 4.69) is 0 Å². The minimum absolute atomic E-state index is 0. The van der Waals surface area contributed by atoms with Gasteiger partial charge in [-0.2, -0.15) is 0 Å². The summed E-state index contributed by atoms with van der Waals surface area (Å²) in [6, 6.07) is 0. The van der Waals surface area contributed by atoms with Gasteiger partial charge in [0.2, 0.25) is 0 Å². The standard InChI is InChI=1S/C12H22O4.2Na.2H/c1-2-3-7-10(12(15)16)8-5-4-6-9-11(13)14;;;;/h10H,2-9H2,1H3,(H,13,14)(H,15,16);;;;. The van der Waals surface area contributed by atoms with Crippen molar-refractivity contribution in [3.05, 3.63) is 0 Å². The topological polar surface area (TPSA) is 74.6 Å². The average Bonchev–Trinajstić information content (AvgIpc) is 2.21. The molecule has 1 unspecified atom stereocenters. The number of carboxylic acid groups (broad SMARTS) is 2. The van der Waals surface area contributed by atoms with E-state index < -0.39 is 11.9 Å². The third kappa shape index (κ3) is 15.0. The van der Waals surface area contributed by atoms with Crippen LogP contribution in [0.15, 0.2) is 0 Å². The summed E-state index contributed by atoms with van der Waals surface area (Å²) < 4.78 is 0. The van der Waals surface area contributed by atoms with Crippen molar-refractivity contribution in [2.45, 2.75) is 58.3 Å². The summed E-state index contributed by atoms with van der Waals surface area (Å²) in [6.45, 7) is 2.05. The van der Waals surface area contributed by atoms with Gasteiger partial charge in [-0.05, 0) is 19.3 Å². The molecule has 0 aromatic carbocycles. The normalized spacial score (nSPS) is 10.9. The van der Waals surface area contributed by atoms with E-state index in [1.165, 1.54) is 0 Å². The van der Waals surface area contributed by atoms with Crippen LogP contribution in [-0.2, 0) is 9.59 Å². The second kappa shape index (κ2) is 16.0. The van der Waals surface area contributed by atoms with Gasteiger partial charge in [0.05, 0.1) is 5.92 Å². The van der Waals surface area contributed by atoms with E-state index >= 15 is 0 Å². The average molecular weight is 278 g/mol. The van der Waals surface area contributed by atoms with Crippen LogP contribution in [0.2, 0.25) is 0 Å². The number of hydrogen-bond acceptors (Lipinski definition) is 2. The molecule has 0 aromatic rings. The molecule has 0 aliphatic rings. The first-order valence-electron chi connectivity index (χ1n) is 6.02. The second-order valence-corrected chi connectivity index (χ2v) is 4.17. The Morgan fingerprint density at radius 2 is 1.50 bits per heavy atom. The van der Waals surface area contributed by atoms with Crippen molar-refractivity contribution >= 4 is 71.1 Å². The molecule has 0 aliphatic heterocycles. The third-order valence-electron chi connectivity index (χ3n) is 2.70. The summed E-state index contributed by atoms with van der Waals surface area (Å²) in [5.74, 6) is -1.74. The summed E-state index contributed by atoms with van der Waals surface area (Å²) in [6.07, 6.45) is 5.84. The molecule has 0 fully saturated rings. The van der Waals surface area contributed by atoms with Crippen molar-refractivity contribution < 1.29 is 19.8 Å². The van der Waals surface area contributed by atoms with Crippen molar-refractivity contribution in [2.75, 3.05) is 0 Å². The van der Waals surface area contributed by atoms with Crippen LogP contribution in [0.25, 0.3) is 0 Å². The Balaban J connectivity index is -0.00000112. The first-order chi connectivity index (χ1) is 7.57. The Morgan fingerprint density at radius 1 is 0.944 bits per heavy atom. The Morgan fingerprint density at radius 3 is 1.94 bits per heavy atom. The van der Waals surface area contributed by atoms with Crippen LogP contribution in [0, 0.1) is 5.92 Å². The molecule has 0 rings (SSSR count). The van der Waals surface area contributed by atoms with Gasteiger partial charge >= 0.3 is 71.1 Å². The van der Waals surface area contributed by atoms with E-state index in [0.29, 0.717) is 12.8 Å². The van der Waals surface area contributed by atoms with Crippen molar-refractivity contribution in [1.29, 1.82) is 0 Å². The predicted molar refractivity (Wildman–Crippen MR) is 75.7 cm³/mol. The molecule has 2 N–H and O–H groups in total. The van der Waals surface area contributed by atoms with Gasteiger partial charge < -0.3 is 10.2 Å². The van der Waals surface area contributed by atoms with Gasteiger partial charge in [0, 0.05) is 6.42 Å². The van der Waals surface area contributed by atoms with Crippen LogP contribution < -0.4 is 0 Å². The van der Waals surface area contributed by atoms with Crippen molar-refractivity contribution in [3.63, 3.8) is 0 Å². The molecule has 18 heavy (non-hydrogen) atoms. The van der Waals surface area contributed by atoms with E-state index in [4.69, 9.17) is 10.2 Å². The van der Waals surface area contributed by atoms with E-state index in [1.54, 1.807) is 0 Å². The fourth-order valence-corrected chi connectivity index (χ4v) is 1.69. The van der Waals surface area contributed by atoms with E-state index in [0.717, 1.165) is 32.1 Å². The number of carboxylic acids is 2. The van der Waals surface area contributed by atoms with E-state index in [9.17, 15) is 9.59 Å².